The maximum absolute atomic E-state index is 12.8. The standard InChI is InChI=1S/C17H21N5O2/c1-2-19-16(23)15-9-13(18)10-22(15)17(24)12-5-3-11(4-6-12)14-7-8-20-21-14/h3-8,13,15H,2,9-10,18H2,1H3,(H,19,23)(H,20,21)/t13-,15+/m1/s1. The molecule has 24 heavy (non-hydrogen) atoms. The minimum absolute atomic E-state index is 0.145. The first-order valence-corrected chi connectivity index (χ1v) is 8.04. The number of nitrogens with one attached hydrogen (secondary N) is 2. The minimum Gasteiger partial charge on any atom is -0.355 e. The molecule has 1 aliphatic rings. The SMILES string of the molecule is CCNC(=O)[C@@H]1C[C@@H](N)CN1C(=O)c1ccc(-c2ccn[nH]2)cc1. The summed E-state index contributed by atoms with van der Waals surface area (Å²) in [4.78, 5) is 26.5. The first kappa shape index (κ1) is 16.2. The fourth-order valence-electron chi connectivity index (χ4n) is 3.01. The summed E-state index contributed by atoms with van der Waals surface area (Å²) in [5.41, 5.74) is 8.35. The van der Waals surface area contributed by atoms with Crippen LogP contribution >= 0.6 is 0 Å². The van der Waals surface area contributed by atoms with Gasteiger partial charge in [-0.15, -0.1) is 0 Å². The van der Waals surface area contributed by atoms with Gasteiger partial charge in [0.05, 0.1) is 5.69 Å². The van der Waals surface area contributed by atoms with E-state index in [-0.39, 0.29) is 17.9 Å². The van der Waals surface area contributed by atoms with Gasteiger partial charge in [-0.05, 0) is 37.1 Å². The molecule has 126 valence electrons. The van der Waals surface area contributed by atoms with Gasteiger partial charge in [-0.1, -0.05) is 12.1 Å². The van der Waals surface area contributed by atoms with Gasteiger partial charge in [-0.25, -0.2) is 0 Å². The van der Waals surface area contributed by atoms with E-state index in [1.54, 1.807) is 23.2 Å². The van der Waals surface area contributed by atoms with Crippen LogP contribution in [0.1, 0.15) is 23.7 Å². The van der Waals surface area contributed by atoms with Gasteiger partial charge >= 0.3 is 0 Å². The predicted octanol–water partition coefficient (Wildman–Crippen LogP) is 0.755. The van der Waals surface area contributed by atoms with Crippen LogP contribution in [0.4, 0.5) is 0 Å². The number of nitrogens with two attached hydrogens (primary N) is 1. The molecular formula is C17H21N5O2. The molecule has 1 fully saturated rings. The molecular weight excluding hydrogens is 306 g/mol. The highest BCUT2D eigenvalue weighted by atomic mass is 16.2. The average molecular weight is 327 g/mol. The van der Waals surface area contributed by atoms with Gasteiger partial charge < -0.3 is 16.0 Å². The van der Waals surface area contributed by atoms with Crippen molar-refractivity contribution in [2.24, 2.45) is 5.73 Å². The van der Waals surface area contributed by atoms with Crippen LogP contribution < -0.4 is 11.1 Å². The Balaban J connectivity index is 1.78. The fourth-order valence-corrected chi connectivity index (χ4v) is 3.01. The summed E-state index contributed by atoms with van der Waals surface area (Å²) >= 11 is 0. The Hall–Kier alpha value is -2.67. The van der Waals surface area contributed by atoms with Gasteiger partial charge in [0.2, 0.25) is 5.91 Å². The molecule has 0 bridgehead atoms. The van der Waals surface area contributed by atoms with Crippen LogP contribution in [0.2, 0.25) is 0 Å². The highest BCUT2D eigenvalue weighted by molar-refractivity contribution is 5.98. The summed E-state index contributed by atoms with van der Waals surface area (Å²) in [5, 5.41) is 9.57. The number of likely N-dealkylation sites (N-methyl/N-ethyl adjacent to an activating group) is 1. The molecule has 0 aliphatic carbocycles. The van der Waals surface area contributed by atoms with Crippen molar-refractivity contribution in [3.05, 3.63) is 42.1 Å². The smallest absolute Gasteiger partial charge is 0.254 e. The Morgan fingerprint density at radius 3 is 2.71 bits per heavy atom. The van der Waals surface area contributed by atoms with E-state index < -0.39 is 6.04 Å². The second kappa shape index (κ2) is 6.84. The number of carbonyl (C=O) groups is 2. The maximum Gasteiger partial charge on any atom is 0.254 e. The molecule has 2 atom stereocenters. The first-order chi connectivity index (χ1) is 11.6. The molecule has 1 aliphatic heterocycles. The lowest BCUT2D eigenvalue weighted by Gasteiger charge is -2.23. The summed E-state index contributed by atoms with van der Waals surface area (Å²) in [5.74, 6) is -0.316. The summed E-state index contributed by atoms with van der Waals surface area (Å²) in [7, 11) is 0. The molecule has 2 amide bonds. The van der Waals surface area contributed by atoms with Crippen LogP contribution in [0.3, 0.4) is 0 Å². The van der Waals surface area contributed by atoms with E-state index in [0.29, 0.717) is 25.1 Å². The van der Waals surface area contributed by atoms with Crippen LogP contribution in [0, 0.1) is 0 Å². The number of H-pyrrole nitrogens is 1. The molecule has 3 rings (SSSR count). The zero-order valence-electron chi connectivity index (χ0n) is 13.5. The second-order valence-electron chi connectivity index (χ2n) is 5.91. The molecule has 2 aromatic rings. The van der Waals surface area contributed by atoms with Crippen molar-refractivity contribution in [2.45, 2.75) is 25.4 Å². The summed E-state index contributed by atoms with van der Waals surface area (Å²) < 4.78 is 0. The molecule has 7 nitrogen and oxygen atoms in total. The van der Waals surface area contributed by atoms with Crippen molar-refractivity contribution < 1.29 is 9.59 Å². The van der Waals surface area contributed by atoms with E-state index in [1.165, 1.54) is 0 Å². The van der Waals surface area contributed by atoms with Crippen LogP contribution in [0.5, 0.6) is 0 Å². The molecule has 2 heterocycles. The highest BCUT2D eigenvalue weighted by Crippen LogP contribution is 2.22. The molecule has 0 saturated carbocycles. The van der Waals surface area contributed by atoms with E-state index in [0.717, 1.165) is 11.3 Å². The average Bonchev–Trinajstić information content (AvgIpc) is 3.24. The minimum atomic E-state index is -0.500. The van der Waals surface area contributed by atoms with E-state index in [4.69, 9.17) is 5.73 Å². The van der Waals surface area contributed by atoms with E-state index >= 15 is 0 Å². The van der Waals surface area contributed by atoms with Crippen molar-refractivity contribution >= 4 is 11.8 Å². The van der Waals surface area contributed by atoms with Crippen molar-refractivity contribution in [1.82, 2.24) is 20.4 Å². The number of aromatic nitrogens is 2. The number of nitrogens with zero attached hydrogens (tertiary/aromatic N) is 2. The van der Waals surface area contributed by atoms with Gasteiger partial charge in [0.15, 0.2) is 0 Å². The molecule has 1 aromatic carbocycles. The number of likely N-dealkylation sites (tertiary alicyclic amines) is 1. The lowest BCUT2D eigenvalue weighted by molar-refractivity contribution is -0.124. The first-order valence-electron chi connectivity index (χ1n) is 8.04. The van der Waals surface area contributed by atoms with Gasteiger partial charge in [-0.2, -0.15) is 5.10 Å². The summed E-state index contributed by atoms with van der Waals surface area (Å²) in [6.45, 7) is 2.78. The summed E-state index contributed by atoms with van der Waals surface area (Å²) in [6.07, 6.45) is 2.17. The Kier molecular flexibility index (Phi) is 4.61. The largest absolute Gasteiger partial charge is 0.355 e. The third-order valence-corrected chi connectivity index (χ3v) is 4.19. The predicted molar refractivity (Wildman–Crippen MR) is 90.1 cm³/mol. The third-order valence-electron chi connectivity index (χ3n) is 4.19. The van der Waals surface area contributed by atoms with Crippen molar-refractivity contribution in [3.8, 4) is 11.3 Å². The monoisotopic (exact) mass is 327 g/mol. The third kappa shape index (κ3) is 3.16. The topological polar surface area (TPSA) is 104 Å². The van der Waals surface area contributed by atoms with Crippen LogP contribution in [-0.4, -0.2) is 52.1 Å². The van der Waals surface area contributed by atoms with E-state index in [9.17, 15) is 9.59 Å². The zero-order valence-corrected chi connectivity index (χ0v) is 13.5. The zero-order chi connectivity index (χ0) is 17.1. The number of amides is 2. The Bertz CT molecular complexity index is 711. The van der Waals surface area contributed by atoms with E-state index in [2.05, 4.69) is 15.5 Å². The number of hydrogen-bond acceptors (Lipinski definition) is 4. The number of benzene rings is 1. The van der Waals surface area contributed by atoms with Gasteiger partial charge in [0, 0.05) is 30.9 Å². The molecule has 1 aromatic heterocycles. The molecule has 1 saturated heterocycles. The van der Waals surface area contributed by atoms with Gasteiger partial charge in [0.1, 0.15) is 6.04 Å². The van der Waals surface area contributed by atoms with Gasteiger partial charge in [-0.3, -0.25) is 14.7 Å². The Labute approximate surface area is 140 Å². The molecule has 0 radical (unpaired) electrons. The molecule has 4 N–H and O–H groups in total. The highest BCUT2D eigenvalue weighted by Gasteiger charge is 2.38. The number of aromatic amines is 1. The maximum atomic E-state index is 12.8. The number of carbonyl (C=O) groups excluding carboxylic acids is 2. The quantitative estimate of drug-likeness (QED) is 0.771. The lowest BCUT2D eigenvalue weighted by atomic mass is 10.1. The van der Waals surface area contributed by atoms with Crippen molar-refractivity contribution in [1.29, 1.82) is 0 Å². The van der Waals surface area contributed by atoms with E-state index in [1.807, 2.05) is 25.1 Å². The Morgan fingerprint density at radius 2 is 2.08 bits per heavy atom. The van der Waals surface area contributed by atoms with Crippen LogP contribution in [0.25, 0.3) is 11.3 Å². The molecule has 7 heteroatoms. The van der Waals surface area contributed by atoms with Crippen LogP contribution in [0.15, 0.2) is 36.5 Å². The lowest BCUT2D eigenvalue weighted by Crippen LogP contribution is -2.45. The Morgan fingerprint density at radius 1 is 1.33 bits per heavy atom. The molecule has 0 unspecified atom stereocenters. The molecule has 0 spiro atoms. The van der Waals surface area contributed by atoms with Gasteiger partial charge in [0.25, 0.3) is 5.91 Å². The number of rotatable bonds is 4. The summed E-state index contributed by atoms with van der Waals surface area (Å²) in [6, 6.07) is 8.43. The number of hydrogen-bond donors (Lipinski definition) is 3. The fraction of sp³-hybridized carbons (Fsp3) is 0.353. The second-order valence-corrected chi connectivity index (χ2v) is 5.91. The van der Waals surface area contributed by atoms with Crippen LogP contribution in [-0.2, 0) is 4.79 Å². The van der Waals surface area contributed by atoms with Crippen molar-refractivity contribution in [3.63, 3.8) is 0 Å². The normalized spacial score (nSPS) is 20.2. The van der Waals surface area contributed by atoms with Crippen molar-refractivity contribution in [2.75, 3.05) is 13.1 Å².